The van der Waals surface area contributed by atoms with Gasteiger partial charge in [-0.25, -0.2) is 0 Å². The highest BCUT2D eigenvalue weighted by Gasteiger charge is 2.51. The normalized spacial score (nSPS) is 15.2. The van der Waals surface area contributed by atoms with Gasteiger partial charge in [0.2, 0.25) is 0 Å². The number of anilines is 2. The molecular formula is C38H48BBrN6O4P2. The van der Waals surface area contributed by atoms with Crippen LogP contribution in [0.25, 0.3) is 33.2 Å². The van der Waals surface area contributed by atoms with Gasteiger partial charge in [0.15, 0.2) is 0 Å². The molecule has 4 N–H and O–H groups in total. The van der Waals surface area contributed by atoms with Crippen molar-refractivity contribution in [3.8, 4) is 11.1 Å². The lowest BCUT2D eigenvalue weighted by atomic mass is 9.79. The maximum Gasteiger partial charge on any atom is 0.494 e. The van der Waals surface area contributed by atoms with E-state index in [4.69, 9.17) is 20.8 Å². The van der Waals surface area contributed by atoms with Crippen LogP contribution in [0.4, 0.5) is 11.4 Å². The van der Waals surface area contributed by atoms with E-state index in [1.807, 2.05) is 118 Å². The summed E-state index contributed by atoms with van der Waals surface area (Å²) < 4.78 is 41.8. The zero-order valence-corrected chi connectivity index (χ0v) is 34.9. The fourth-order valence-corrected chi connectivity index (χ4v) is 8.84. The molecule has 52 heavy (non-hydrogen) atoms. The number of halogens is 1. The first-order valence-corrected chi connectivity index (χ1v) is 22.8. The van der Waals surface area contributed by atoms with Crippen LogP contribution in [-0.2, 0) is 32.5 Å². The second-order valence-electron chi connectivity index (χ2n) is 14.9. The van der Waals surface area contributed by atoms with Crippen molar-refractivity contribution in [2.45, 2.75) is 38.9 Å². The smallest absolute Gasteiger partial charge is 0.399 e. The summed E-state index contributed by atoms with van der Waals surface area (Å²) in [5.41, 5.74) is 19.3. The highest BCUT2D eigenvalue weighted by atomic mass is 79.9. The number of aryl methyl sites for hydroxylation is 2. The van der Waals surface area contributed by atoms with Crippen molar-refractivity contribution >= 4 is 86.8 Å². The van der Waals surface area contributed by atoms with Gasteiger partial charge in [-0.05, 0) is 130 Å². The minimum absolute atomic E-state index is 0.388. The highest BCUT2D eigenvalue weighted by Crippen LogP contribution is 2.40. The topological polar surface area (TPSA) is 140 Å². The molecular weight excluding hydrogens is 757 g/mol. The molecule has 274 valence electrons. The summed E-state index contributed by atoms with van der Waals surface area (Å²) in [5.74, 6) is 0. The summed E-state index contributed by atoms with van der Waals surface area (Å²) in [6, 6.07) is 19.1. The summed E-state index contributed by atoms with van der Waals surface area (Å²) in [6.07, 6.45) is 7.64. The Morgan fingerprint density at radius 2 is 1.19 bits per heavy atom. The van der Waals surface area contributed by atoms with E-state index in [9.17, 15) is 9.13 Å². The minimum atomic E-state index is -2.42. The second-order valence-corrected chi connectivity index (χ2v) is 22.1. The molecule has 6 aromatic rings. The number of pyridine rings is 2. The minimum Gasteiger partial charge on any atom is -0.399 e. The van der Waals surface area contributed by atoms with Crippen molar-refractivity contribution in [1.29, 1.82) is 0 Å². The molecule has 0 amide bonds. The van der Waals surface area contributed by atoms with Crippen molar-refractivity contribution in [2.24, 2.45) is 14.1 Å². The number of fused-ring (bicyclic) bond motifs is 2. The van der Waals surface area contributed by atoms with Crippen LogP contribution in [0.2, 0.25) is 0 Å². The van der Waals surface area contributed by atoms with E-state index in [0.717, 1.165) is 48.4 Å². The summed E-state index contributed by atoms with van der Waals surface area (Å²) >= 11 is 3.43. The van der Waals surface area contributed by atoms with Crippen LogP contribution in [0.1, 0.15) is 27.7 Å². The zero-order valence-electron chi connectivity index (χ0n) is 31.5. The molecule has 0 saturated carbocycles. The molecule has 2 aromatic carbocycles. The SMILES string of the molecule is CC1(C)OB(c2ccc(N)c(P(C)(C)=O)c2)OC1(C)C.Cn1cc(-c2ccc(N)c(P(C)(C)=O)c2)c2ncccc21.Cn1cc(Br)c2ncccc21. The zero-order chi connectivity index (χ0) is 38.4. The van der Waals surface area contributed by atoms with E-state index in [1.165, 1.54) is 0 Å². The fourth-order valence-electron chi connectivity index (χ4n) is 5.92. The Kier molecular flexibility index (Phi) is 11.1. The maximum absolute atomic E-state index is 12.4. The number of hydrogen-bond donors (Lipinski definition) is 2. The molecule has 4 aromatic heterocycles. The van der Waals surface area contributed by atoms with Gasteiger partial charge in [0.05, 0.1) is 32.2 Å². The number of nitrogens with zero attached hydrogens (tertiary/aromatic N) is 4. The predicted octanol–water partition coefficient (Wildman–Crippen LogP) is 7.22. The van der Waals surface area contributed by atoms with E-state index in [1.54, 1.807) is 45.1 Å². The van der Waals surface area contributed by atoms with Crippen molar-refractivity contribution in [1.82, 2.24) is 19.1 Å². The molecule has 0 unspecified atom stereocenters. The molecule has 0 aliphatic carbocycles. The van der Waals surface area contributed by atoms with Crippen LogP contribution in [-0.4, -0.2) is 64.1 Å². The standard InChI is InChI=1S/C16H18N3OP.C14H23BNO3P.C8H7BrN2/c1-19-10-12(16-14(19)5-4-8-18-16)11-6-7-13(17)15(9-11)21(2,3)20;1-13(2)14(3,4)19-15(18-13)10-7-8-11(16)12(9-10)20(5,6)17;1-11-5-6(9)8-7(11)3-2-4-10-8/h4-10H,17H2,1-3H3;7-9H,16H2,1-6H3;2-5H,1H3. The van der Waals surface area contributed by atoms with Gasteiger partial charge in [-0.1, -0.05) is 12.1 Å². The number of benzene rings is 2. The van der Waals surface area contributed by atoms with Crippen molar-refractivity contribution in [3.05, 3.63) is 89.9 Å². The van der Waals surface area contributed by atoms with E-state index in [-0.39, 0.29) is 11.2 Å². The fraction of sp³-hybridized carbons (Fsp3) is 0.316. The molecule has 0 spiro atoms. The van der Waals surface area contributed by atoms with Crippen LogP contribution in [0, 0.1) is 0 Å². The van der Waals surface area contributed by atoms with E-state index in [2.05, 4.69) is 25.9 Å². The first-order valence-electron chi connectivity index (χ1n) is 16.8. The molecule has 14 heteroatoms. The van der Waals surface area contributed by atoms with Crippen molar-refractivity contribution in [3.63, 3.8) is 0 Å². The van der Waals surface area contributed by atoms with Gasteiger partial charge in [0.25, 0.3) is 0 Å². The van der Waals surface area contributed by atoms with Gasteiger partial charge in [-0.2, -0.15) is 0 Å². The van der Waals surface area contributed by atoms with E-state index in [0.29, 0.717) is 16.7 Å². The Bertz CT molecular complexity index is 2310. The second kappa shape index (κ2) is 14.6. The van der Waals surface area contributed by atoms with Crippen molar-refractivity contribution < 1.29 is 18.4 Å². The first-order chi connectivity index (χ1) is 24.1. The van der Waals surface area contributed by atoms with Crippen LogP contribution in [0.15, 0.2) is 89.9 Å². The predicted molar refractivity (Wildman–Crippen MR) is 224 cm³/mol. The molecule has 0 atom stereocenters. The number of hydrogen-bond acceptors (Lipinski definition) is 8. The molecule has 1 saturated heterocycles. The van der Waals surface area contributed by atoms with E-state index < -0.39 is 21.4 Å². The average molecular weight is 806 g/mol. The average Bonchev–Trinajstić information content (AvgIpc) is 3.63. The van der Waals surface area contributed by atoms with Gasteiger partial charge in [0, 0.05) is 66.4 Å². The maximum atomic E-state index is 12.4. The Morgan fingerprint density at radius 3 is 1.73 bits per heavy atom. The molecule has 1 aliphatic rings. The highest BCUT2D eigenvalue weighted by molar-refractivity contribution is 9.10. The Balaban J connectivity index is 0.000000158. The Labute approximate surface area is 315 Å². The third kappa shape index (κ3) is 8.27. The van der Waals surface area contributed by atoms with Gasteiger partial charge < -0.3 is 39.0 Å². The van der Waals surface area contributed by atoms with Gasteiger partial charge in [-0.3, -0.25) is 9.97 Å². The van der Waals surface area contributed by atoms with Crippen LogP contribution >= 0.6 is 30.2 Å². The molecule has 1 fully saturated rings. The Hall–Kier alpha value is -3.66. The van der Waals surface area contributed by atoms with Crippen molar-refractivity contribution in [2.75, 3.05) is 38.1 Å². The third-order valence-electron chi connectivity index (χ3n) is 9.53. The molecule has 1 aliphatic heterocycles. The summed E-state index contributed by atoms with van der Waals surface area (Å²) in [7, 11) is -1.28. The van der Waals surface area contributed by atoms with Gasteiger partial charge in [0.1, 0.15) is 19.8 Å². The number of nitrogen functional groups attached to an aromatic ring is 2. The van der Waals surface area contributed by atoms with Crippen LogP contribution in [0.5, 0.6) is 0 Å². The summed E-state index contributed by atoms with van der Waals surface area (Å²) in [6.45, 7) is 14.9. The molecule has 0 bridgehead atoms. The first kappa shape index (κ1) is 39.6. The van der Waals surface area contributed by atoms with Gasteiger partial charge in [-0.15, -0.1) is 0 Å². The number of nitrogens with two attached hydrogens (primary N) is 2. The lowest BCUT2D eigenvalue weighted by Gasteiger charge is -2.32. The lowest BCUT2D eigenvalue weighted by Crippen LogP contribution is -2.41. The quantitative estimate of drug-likeness (QED) is 0.108. The summed E-state index contributed by atoms with van der Waals surface area (Å²) in [4.78, 5) is 8.71. The summed E-state index contributed by atoms with van der Waals surface area (Å²) in [5, 5.41) is 1.41. The Morgan fingerprint density at radius 1 is 0.712 bits per heavy atom. The molecule has 5 heterocycles. The molecule has 0 radical (unpaired) electrons. The van der Waals surface area contributed by atoms with Crippen LogP contribution in [0.3, 0.4) is 0 Å². The van der Waals surface area contributed by atoms with E-state index >= 15 is 0 Å². The lowest BCUT2D eigenvalue weighted by molar-refractivity contribution is 0.00578. The third-order valence-corrected chi connectivity index (χ3v) is 13.2. The number of rotatable bonds is 4. The molecule has 7 rings (SSSR count). The van der Waals surface area contributed by atoms with Gasteiger partial charge >= 0.3 is 7.12 Å². The number of aromatic nitrogens is 4. The monoisotopic (exact) mass is 804 g/mol. The largest absolute Gasteiger partial charge is 0.494 e. The molecule has 10 nitrogen and oxygen atoms in total. The van der Waals surface area contributed by atoms with Crippen LogP contribution < -0.4 is 27.5 Å².